The highest BCUT2D eigenvalue weighted by molar-refractivity contribution is 5.84. The van der Waals surface area contributed by atoms with Crippen molar-refractivity contribution < 1.29 is 0 Å². The van der Waals surface area contributed by atoms with Gasteiger partial charge in [-0.2, -0.15) is 0 Å². The molecule has 0 rings (SSSR count). The summed E-state index contributed by atoms with van der Waals surface area (Å²) in [6, 6.07) is 0. The first-order chi connectivity index (χ1) is 6.56. The van der Waals surface area contributed by atoms with Gasteiger partial charge in [0.25, 0.3) is 0 Å². The minimum Gasteiger partial charge on any atom is -0.294 e. The summed E-state index contributed by atoms with van der Waals surface area (Å²) in [5, 5.41) is 0. The molecule has 0 aromatic rings. The van der Waals surface area contributed by atoms with Crippen LogP contribution in [0.15, 0.2) is 4.99 Å². The minimum atomic E-state index is 0.749. The van der Waals surface area contributed by atoms with E-state index in [-0.39, 0.29) is 0 Å². The Kier molecular flexibility index (Phi) is 7.83. The molecule has 0 heterocycles. The van der Waals surface area contributed by atoms with E-state index in [0.29, 0.717) is 0 Å². The summed E-state index contributed by atoms with van der Waals surface area (Å²) in [6.07, 6.45) is 4.86. The van der Waals surface area contributed by atoms with Crippen LogP contribution >= 0.6 is 0 Å². The van der Waals surface area contributed by atoms with Gasteiger partial charge in [0.2, 0.25) is 0 Å². The number of aliphatic imine (C=N–C) groups is 1. The van der Waals surface area contributed by atoms with Crippen LogP contribution in [0.2, 0.25) is 0 Å². The summed E-state index contributed by atoms with van der Waals surface area (Å²) < 4.78 is 0. The Morgan fingerprint density at radius 3 is 2.14 bits per heavy atom. The molecular formula is C13H27N. The van der Waals surface area contributed by atoms with Crippen molar-refractivity contribution in [3.63, 3.8) is 0 Å². The zero-order valence-corrected chi connectivity index (χ0v) is 10.6. The summed E-state index contributed by atoms with van der Waals surface area (Å²) in [7, 11) is 0. The summed E-state index contributed by atoms with van der Waals surface area (Å²) in [6.45, 7) is 12.3. The molecule has 0 aromatic carbocycles. The van der Waals surface area contributed by atoms with Gasteiger partial charge in [-0.25, -0.2) is 0 Å². The lowest BCUT2D eigenvalue weighted by molar-refractivity contribution is 0.560. The normalized spacial score (nSPS) is 12.9. The van der Waals surface area contributed by atoms with Crippen molar-refractivity contribution in [1.29, 1.82) is 0 Å². The molecule has 0 saturated heterocycles. The second kappa shape index (κ2) is 8.02. The summed E-state index contributed by atoms with van der Waals surface area (Å²) >= 11 is 0. The minimum absolute atomic E-state index is 0.749. The van der Waals surface area contributed by atoms with Gasteiger partial charge >= 0.3 is 0 Å². The molecule has 0 atom stereocenters. The molecule has 0 saturated carbocycles. The number of nitrogens with zero attached hydrogens (tertiary/aromatic N) is 1. The van der Waals surface area contributed by atoms with Crippen LogP contribution in [0, 0.1) is 11.8 Å². The smallest absolute Gasteiger partial charge is 0.0388 e. The fraction of sp³-hybridized carbons (Fsp3) is 0.923. The van der Waals surface area contributed by atoms with Crippen molar-refractivity contribution in [2.75, 3.05) is 6.54 Å². The second-order valence-electron chi connectivity index (χ2n) is 4.94. The van der Waals surface area contributed by atoms with E-state index in [1.165, 1.54) is 25.0 Å². The quantitative estimate of drug-likeness (QED) is 0.426. The largest absolute Gasteiger partial charge is 0.294 e. The van der Waals surface area contributed by atoms with Crippen LogP contribution in [-0.2, 0) is 0 Å². The number of hydrogen-bond donors (Lipinski definition) is 0. The first-order valence-corrected chi connectivity index (χ1v) is 6.08. The molecule has 0 aliphatic carbocycles. The maximum atomic E-state index is 4.67. The zero-order valence-electron chi connectivity index (χ0n) is 10.6. The van der Waals surface area contributed by atoms with Gasteiger partial charge in [0.15, 0.2) is 0 Å². The molecule has 84 valence electrons. The average Bonchev–Trinajstić information content (AvgIpc) is 2.09. The zero-order chi connectivity index (χ0) is 11.0. The van der Waals surface area contributed by atoms with E-state index in [0.717, 1.165) is 24.8 Å². The van der Waals surface area contributed by atoms with Crippen molar-refractivity contribution >= 4 is 5.71 Å². The van der Waals surface area contributed by atoms with Gasteiger partial charge in [0.1, 0.15) is 0 Å². The fourth-order valence-electron chi connectivity index (χ4n) is 1.53. The van der Waals surface area contributed by atoms with Gasteiger partial charge in [0.05, 0.1) is 0 Å². The third kappa shape index (κ3) is 8.28. The highest BCUT2D eigenvalue weighted by Gasteiger charge is 2.00. The van der Waals surface area contributed by atoms with E-state index in [1.807, 2.05) is 0 Å². The third-order valence-corrected chi connectivity index (χ3v) is 2.33. The van der Waals surface area contributed by atoms with Crippen LogP contribution in [0.25, 0.3) is 0 Å². The van der Waals surface area contributed by atoms with Crippen molar-refractivity contribution in [1.82, 2.24) is 0 Å². The Morgan fingerprint density at radius 1 is 1.07 bits per heavy atom. The van der Waals surface area contributed by atoms with E-state index in [1.54, 1.807) is 0 Å². The van der Waals surface area contributed by atoms with E-state index in [9.17, 15) is 0 Å². The van der Waals surface area contributed by atoms with Crippen LogP contribution < -0.4 is 0 Å². The van der Waals surface area contributed by atoms with Crippen molar-refractivity contribution in [2.24, 2.45) is 16.8 Å². The Morgan fingerprint density at radius 2 is 1.71 bits per heavy atom. The second-order valence-corrected chi connectivity index (χ2v) is 4.94. The Balaban J connectivity index is 3.70. The predicted octanol–water partition coefficient (Wildman–Crippen LogP) is 4.32. The Hall–Kier alpha value is -0.330. The Labute approximate surface area is 90.0 Å². The molecule has 1 heteroatoms. The predicted molar refractivity (Wildman–Crippen MR) is 66.1 cm³/mol. The molecule has 0 spiro atoms. The molecule has 0 aliphatic heterocycles. The summed E-state index contributed by atoms with van der Waals surface area (Å²) in [5.74, 6) is 1.57. The molecular weight excluding hydrogens is 170 g/mol. The average molecular weight is 197 g/mol. The standard InChI is InChI=1S/C13H27N/c1-6-13(10-12(4)5)14-9-7-8-11(2)3/h11-12H,6-10H2,1-5H3/b14-13+. The monoisotopic (exact) mass is 197 g/mol. The van der Waals surface area contributed by atoms with Gasteiger partial charge in [0, 0.05) is 12.3 Å². The van der Waals surface area contributed by atoms with E-state index >= 15 is 0 Å². The molecule has 0 radical (unpaired) electrons. The maximum absolute atomic E-state index is 4.67. The summed E-state index contributed by atoms with van der Waals surface area (Å²) in [5.41, 5.74) is 1.41. The molecule has 1 nitrogen and oxygen atoms in total. The molecule has 0 aliphatic rings. The van der Waals surface area contributed by atoms with Gasteiger partial charge in [-0.1, -0.05) is 34.6 Å². The number of hydrogen-bond acceptors (Lipinski definition) is 1. The van der Waals surface area contributed by atoms with Gasteiger partial charge in [-0.3, -0.25) is 4.99 Å². The van der Waals surface area contributed by atoms with Gasteiger partial charge in [-0.15, -0.1) is 0 Å². The van der Waals surface area contributed by atoms with E-state index in [4.69, 9.17) is 0 Å². The molecule has 0 aromatic heterocycles. The first kappa shape index (κ1) is 13.7. The molecule has 0 bridgehead atoms. The lowest BCUT2D eigenvalue weighted by atomic mass is 10.0. The van der Waals surface area contributed by atoms with Crippen molar-refractivity contribution in [3.05, 3.63) is 0 Å². The van der Waals surface area contributed by atoms with Crippen LogP contribution in [0.4, 0.5) is 0 Å². The summed E-state index contributed by atoms with van der Waals surface area (Å²) in [4.78, 5) is 4.67. The molecule has 0 amide bonds. The van der Waals surface area contributed by atoms with Crippen molar-refractivity contribution in [3.8, 4) is 0 Å². The van der Waals surface area contributed by atoms with Crippen LogP contribution in [0.5, 0.6) is 0 Å². The first-order valence-electron chi connectivity index (χ1n) is 6.08. The molecule has 0 fully saturated rings. The maximum Gasteiger partial charge on any atom is 0.0388 e. The van der Waals surface area contributed by atoms with Crippen LogP contribution in [-0.4, -0.2) is 12.3 Å². The van der Waals surface area contributed by atoms with Gasteiger partial charge < -0.3 is 0 Å². The van der Waals surface area contributed by atoms with Crippen LogP contribution in [0.1, 0.15) is 60.3 Å². The lowest BCUT2D eigenvalue weighted by Crippen LogP contribution is -2.03. The molecule has 0 N–H and O–H groups in total. The molecule has 14 heavy (non-hydrogen) atoms. The Bertz CT molecular complexity index is 157. The highest BCUT2D eigenvalue weighted by atomic mass is 14.7. The topological polar surface area (TPSA) is 12.4 Å². The number of rotatable bonds is 7. The molecule has 0 unspecified atom stereocenters. The lowest BCUT2D eigenvalue weighted by Gasteiger charge is -2.07. The fourth-order valence-corrected chi connectivity index (χ4v) is 1.53. The van der Waals surface area contributed by atoms with Crippen molar-refractivity contribution in [2.45, 2.75) is 60.3 Å². The highest BCUT2D eigenvalue weighted by Crippen LogP contribution is 2.07. The van der Waals surface area contributed by atoms with Crippen LogP contribution in [0.3, 0.4) is 0 Å². The third-order valence-electron chi connectivity index (χ3n) is 2.33. The van der Waals surface area contributed by atoms with Gasteiger partial charge in [-0.05, 0) is 37.5 Å². The van der Waals surface area contributed by atoms with E-state index in [2.05, 4.69) is 39.6 Å². The SMILES string of the molecule is CC/C(CC(C)C)=N\CCCC(C)C. The van der Waals surface area contributed by atoms with E-state index < -0.39 is 0 Å².